The van der Waals surface area contributed by atoms with Gasteiger partial charge in [-0.3, -0.25) is 0 Å². The van der Waals surface area contributed by atoms with Crippen molar-refractivity contribution in [2.75, 3.05) is 7.11 Å². The molecule has 2 atom stereocenters. The predicted molar refractivity (Wildman–Crippen MR) is 103 cm³/mol. The Bertz CT molecular complexity index is 614. The van der Waals surface area contributed by atoms with Gasteiger partial charge in [0, 0.05) is 0 Å². The van der Waals surface area contributed by atoms with Crippen LogP contribution >= 0.6 is 0 Å². The summed E-state index contributed by atoms with van der Waals surface area (Å²) in [5, 5.41) is 0.193. The lowest BCUT2D eigenvalue weighted by Gasteiger charge is -2.39. The summed E-state index contributed by atoms with van der Waals surface area (Å²) in [6, 6.07) is 6.96. The summed E-state index contributed by atoms with van der Waals surface area (Å²) in [4.78, 5) is 12.2. The van der Waals surface area contributed by atoms with Gasteiger partial charge in [0.25, 0.3) is 0 Å². The third-order valence-corrected chi connectivity index (χ3v) is 9.62. The van der Waals surface area contributed by atoms with Crippen molar-refractivity contribution in [2.45, 2.75) is 64.0 Å². The highest BCUT2D eigenvalue weighted by atomic mass is 28.4. The van der Waals surface area contributed by atoms with Crippen LogP contribution < -0.4 is 4.74 Å². The van der Waals surface area contributed by atoms with Gasteiger partial charge in [0.2, 0.25) is 0 Å². The molecular formula is C20H30O4Si. The molecule has 0 fully saturated rings. The maximum absolute atomic E-state index is 12.2. The number of hydrogen-bond donors (Lipinski definition) is 0. The average molecular weight is 363 g/mol. The van der Waals surface area contributed by atoms with Crippen molar-refractivity contribution in [3.05, 3.63) is 42.0 Å². The molecule has 0 saturated heterocycles. The van der Waals surface area contributed by atoms with Crippen molar-refractivity contribution in [1.82, 2.24) is 0 Å². The second kappa shape index (κ2) is 7.75. The first-order chi connectivity index (χ1) is 11.6. The Hall–Kier alpha value is -1.59. The Morgan fingerprint density at radius 3 is 2.08 bits per heavy atom. The lowest BCUT2D eigenvalue weighted by molar-refractivity contribution is 0.0338. The quantitative estimate of drug-likeness (QED) is 0.422. The molecule has 5 heteroatoms. The van der Waals surface area contributed by atoms with Gasteiger partial charge in [0.15, 0.2) is 8.32 Å². The zero-order valence-corrected chi connectivity index (χ0v) is 17.2. The van der Waals surface area contributed by atoms with E-state index in [0.29, 0.717) is 5.56 Å². The van der Waals surface area contributed by atoms with Crippen molar-refractivity contribution >= 4 is 14.3 Å². The number of rotatable bonds is 5. The van der Waals surface area contributed by atoms with Crippen LogP contribution in [0.1, 0.15) is 44.0 Å². The number of methoxy groups -OCH3 is 1. The van der Waals surface area contributed by atoms with Crippen LogP contribution in [0.15, 0.2) is 36.4 Å². The smallest absolute Gasteiger partial charge is 0.338 e. The SMILES string of the molecule is COc1ccc(C(=O)O[C@@H]2C=C[C@@H](O[Si](C)(C)C(C)(C)C)CC2)cc1. The molecule has 1 aliphatic carbocycles. The summed E-state index contributed by atoms with van der Waals surface area (Å²) < 4.78 is 17.1. The van der Waals surface area contributed by atoms with Crippen LogP contribution in [0.2, 0.25) is 18.1 Å². The molecule has 0 saturated carbocycles. The van der Waals surface area contributed by atoms with Crippen molar-refractivity contribution in [3.8, 4) is 5.75 Å². The minimum absolute atomic E-state index is 0.122. The average Bonchev–Trinajstić information content (AvgIpc) is 2.55. The van der Waals surface area contributed by atoms with Gasteiger partial charge < -0.3 is 13.9 Å². The van der Waals surface area contributed by atoms with Crippen molar-refractivity contribution in [3.63, 3.8) is 0 Å². The highest BCUT2D eigenvalue weighted by Crippen LogP contribution is 2.38. The van der Waals surface area contributed by atoms with Gasteiger partial charge in [-0.1, -0.05) is 26.8 Å². The first kappa shape index (κ1) is 19.7. The molecule has 0 bridgehead atoms. The Morgan fingerprint density at radius 1 is 1.04 bits per heavy atom. The van der Waals surface area contributed by atoms with Crippen molar-refractivity contribution in [1.29, 1.82) is 0 Å². The van der Waals surface area contributed by atoms with E-state index < -0.39 is 8.32 Å². The molecular weight excluding hydrogens is 332 g/mol. The van der Waals surface area contributed by atoms with Crippen molar-refractivity contribution in [2.24, 2.45) is 0 Å². The van der Waals surface area contributed by atoms with Gasteiger partial charge in [-0.25, -0.2) is 4.79 Å². The molecule has 0 aromatic heterocycles. The van der Waals surface area contributed by atoms with Crippen LogP contribution in [0.5, 0.6) is 5.75 Å². The second-order valence-electron chi connectivity index (χ2n) is 8.05. The van der Waals surface area contributed by atoms with E-state index in [1.165, 1.54) is 0 Å². The van der Waals surface area contributed by atoms with Crippen LogP contribution in [-0.2, 0) is 9.16 Å². The topological polar surface area (TPSA) is 44.8 Å². The largest absolute Gasteiger partial charge is 0.497 e. The Kier molecular flexibility index (Phi) is 6.11. The molecule has 0 heterocycles. The van der Waals surface area contributed by atoms with Gasteiger partial charge in [-0.15, -0.1) is 0 Å². The minimum Gasteiger partial charge on any atom is -0.497 e. The highest BCUT2D eigenvalue weighted by Gasteiger charge is 2.39. The van der Waals surface area contributed by atoms with Crippen LogP contribution in [0.4, 0.5) is 0 Å². The molecule has 0 aliphatic heterocycles. The summed E-state index contributed by atoms with van der Waals surface area (Å²) in [6.07, 6.45) is 5.62. The Morgan fingerprint density at radius 2 is 1.60 bits per heavy atom. The summed E-state index contributed by atoms with van der Waals surface area (Å²) >= 11 is 0. The standard InChI is InChI=1S/C20H30O4Si/c1-20(2,3)25(5,6)24-18-13-11-17(12-14-18)23-19(21)15-7-9-16(22-4)10-8-15/h7-11,13,17-18H,12,14H2,1-6H3/t17-,18-/m1/s1. The molecule has 0 N–H and O–H groups in total. The number of hydrogen-bond acceptors (Lipinski definition) is 4. The van der Waals surface area contributed by atoms with E-state index in [-0.39, 0.29) is 23.2 Å². The van der Waals surface area contributed by atoms with E-state index in [2.05, 4.69) is 39.9 Å². The van der Waals surface area contributed by atoms with E-state index in [1.807, 2.05) is 6.08 Å². The van der Waals surface area contributed by atoms with Gasteiger partial charge in [0.05, 0.1) is 18.8 Å². The van der Waals surface area contributed by atoms with E-state index in [0.717, 1.165) is 18.6 Å². The molecule has 1 aromatic carbocycles. The maximum Gasteiger partial charge on any atom is 0.338 e. The molecule has 0 unspecified atom stereocenters. The fourth-order valence-electron chi connectivity index (χ4n) is 2.45. The Labute approximate surface area is 152 Å². The first-order valence-corrected chi connectivity index (χ1v) is 11.7. The van der Waals surface area contributed by atoms with Crippen LogP contribution in [0, 0.1) is 0 Å². The highest BCUT2D eigenvalue weighted by molar-refractivity contribution is 6.74. The van der Waals surface area contributed by atoms with Crippen LogP contribution in [-0.4, -0.2) is 33.6 Å². The second-order valence-corrected chi connectivity index (χ2v) is 12.8. The van der Waals surface area contributed by atoms with E-state index in [1.54, 1.807) is 31.4 Å². The number of esters is 1. The fraction of sp³-hybridized carbons (Fsp3) is 0.550. The molecule has 4 nitrogen and oxygen atoms in total. The number of carbonyl (C=O) groups is 1. The fourth-order valence-corrected chi connectivity index (χ4v) is 3.76. The molecule has 0 amide bonds. The normalized spacial score (nSPS) is 21.0. The zero-order valence-electron chi connectivity index (χ0n) is 16.2. The van der Waals surface area contributed by atoms with Gasteiger partial charge in [-0.05, 0) is 61.3 Å². The summed E-state index contributed by atoms with van der Waals surface area (Å²) in [5.41, 5.74) is 0.536. The summed E-state index contributed by atoms with van der Waals surface area (Å²) in [5.74, 6) is 0.417. The zero-order chi connectivity index (χ0) is 18.7. The molecule has 1 aliphatic rings. The summed E-state index contributed by atoms with van der Waals surface area (Å²) in [6.45, 7) is 11.2. The third-order valence-electron chi connectivity index (χ3n) is 5.11. The lowest BCUT2D eigenvalue weighted by atomic mass is 10.0. The van der Waals surface area contributed by atoms with Crippen LogP contribution in [0.25, 0.3) is 0 Å². The molecule has 0 radical (unpaired) electrons. The first-order valence-electron chi connectivity index (χ1n) is 8.83. The molecule has 2 rings (SSSR count). The van der Waals surface area contributed by atoms with Gasteiger partial charge in [-0.2, -0.15) is 0 Å². The van der Waals surface area contributed by atoms with E-state index >= 15 is 0 Å². The lowest BCUT2D eigenvalue weighted by Crippen LogP contribution is -2.44. The number of benzene rings is 1. The van der Waals surface area contributed by atoms with E-state index in [9.17, 15) is 4.79 Å². The molecule has 138 valence electrons. The third kappa shape index (κ3) is 5.19. The molecule has 25 heavy (non-hydrogen) atoms. The van der Waals surface area contributed by atoms with Crippen molar-refractivity contribution < 1.29 is 18.7 Å². The van der Waals surface area contributed by atoms with E-state index in [4.69, 9.17) is 13.9 Å². The summed E-state index contributed by atoms with van der Waals surface area (Å²) in [7, 11) is -0.179. The molecule has 1 aromatic rings. The number of carbonyl (C=O) groups excluding carboxylic acids is 1. The van der Waals surface area contributed by atoms with Gasteiger partial charge in [0.1, 0.15) is 11.9 Å². The maximum atomic E-state index is 12.2. The Balaban J connectivity index is 1.91. The van der Waals surface area contributed by atoms with Gasteiger partial charge >= 0.3 is 5.97 Å². The van der Waals surface area contributed by atoms with Crippen LogP contribution in [0.3, 0.4) is 0 Å². The number of ether oxygens (including phenoxy) is 2. The molecule has 0 spiro atoms. The predicted octanol–water partition coefficient (Wildman–Crippen LogP) is 4.96. The minimum atomic E-state index is -1.78. The monoisotopic (exact) mass is 362 g/mol.